The molecule has 0 saturated carbocycles. The van der Waals surface area contributed by atoms with E-state index in [4.69, 9.17) is 25.0 Å². The van der Waals surface area contributed by atoms with Crippen LogP contribution in [0, 0.1) is 29.6 Å². The standard InChI is InChI=1S/C33H27N5O5S3/c1-21-29(19-22-8-13-26-27(18-22)43-20-42-26)45-33(30(21)32-36-25-6-2-3-7-28(25)44-32)37-31(39)23-9-11-24(12-10-23)46(40,41)38(16-4-14-34)17-5-15-35/h2-3,6-13,18H,4-5,16-17,19-20H2,1H3,(H,37,39). The maximum Gasteiger partial charge on any atom is 0.256 e. The molecule has 1 amide bonds. The number of para-hydroxylation sites is 1. The monoisotopic (exact) mass is 669 g/mol. The first-order valence-electron chi connectivity index (χ1n) is 14.3. The van der Waals surface area contributed by atoms with E-state index >= 15 is 0 Å². The molecule has 13 heteroatoms. The average molecular weight is 670 g/mol. The van der Waals surface area contributed by atoms with Crippen molar-refractivity contribution in [3.8, 4) is 34.2 Å². The molecular weight excluding hydrogens is 643 g/mol. The van der Waals surface area contributed by atoms with Crippen molar-refractivity contribution in [2.75, 3.05) is 25.2 Å². The van der Waals surface area contributed by atoms with E-state index in [9.17, 15) is 13.2 Å². The fraction of sp³-hybridized carbons (Fsp3) is 0.212. The molecule has 2 aromatic heterocycles. The number of carbonyl (C=O) groups is 1. The van der Waals surface area contributed by atoms with Gasteiger partial charge in [0.1, 0.15) is 10.0 Å². The SMILES string of the molecule is Cc1c(Cc2ccc3c(c2)OCO3)sc(NC(=O)c2ccc(S(=O)(=O)N(CCC#N)CCC#N)cc2)c1-c1nc2ccccc2s1. The fourth-order valence-electron chi connectivity index (χ4n) is 5.09. The van der Waals surface area contributed by atoms with Crippen LogP contribution in [0.5, 0.6) is 11.5 Å². The summed E-state index contributed by atoms with van der Waals surface area (Å²) in [5.41, 5.74) is 4.04. The minimum atomic E-state index is -3.96. The maximum absolute atomic E-state index is 13.6. The number of amides is 1. The maximum atomic E-state index is 13.6. The van der Waals surface area contributed by atoms with Crippen LogP contribution in [0.15, 0.2) is 71.6 Å². The molecule has 232 valence electrons. The summed E-state index contributed by atoms with van der Waals surface area (Å²) in [6.45, 7) is 2.18. The van der Waals surface area contributed by atoms with E-state index in [2.05, 4.69) is 5.32 Å². The second-order valence-corrected chi connectivity index (χ2v) is 14.5. The zero-order chi connectivity index (χ0) is 32.3. The predicted octanol–water partition coefficient (Wildman–Crippen LogP) is 6.72. The Morgan fingerprint density at radius 2 is 1.70 bits per heavy atom. The number of carbonyl (C=O) groups excluding carboxylic acids is 1. The van der Waals surface area contributed by atoms with Crippen LogP contribution in [-0.4, -0.2) is 43.5 Å². The van der Waals surface area contributed by atoms with Gasteiger partial charge in [-0.2, -0.15) is 14.8 Å². The summed E-state index contributed by atoms with van der Waals surface area (Å²) in [7, 11) is -3.96. The quantitative estimate of drug-likeness (QED) is 0.163. The number of hydrogen-bond donors (Lipinski definition) is 1. The Balaban J connectivity index is 1.30. The molecule has 0 spiro atoms. The van der Waals surface area contributed by atoms with E-state index in [0.29, 0.717) is 22.9 Å². The Hall–Kier alpha value is -4.79. The Bertz CT molecular complexity index is 2070. The van der Waals surface area contributed by atoms with Gasteiger partial charge in [-0.25, -0.2) is 13.4 Å². The number of thiophene rings is 1. The molecule has 1 aliphatic rings. The molecule has 5 aromatic rings. The van der Waals surface area contributed by atoms with Crippen molar-refractivity contribution >= 4 is 53.8 Å². The lowest BCUT2D eigenvalue weighted by molar-refractivity contribution is 0.102. The minimum absolute atomic E-state index is 0.000968. The normalized spacial score (nSPS) is 12.3. The molecule has 0 atom stereocenters. The molecule has 0 aliphatic carbocycles. The van der Waals surface area contributed by atoms with Crippen LogP contribution in [-0.2, 0) is 16.4 Å². The Morgan fingerprint density at radius 3 is 2.41 bits per heavy atom. The Kier molecular flexibility index (Phi) is 9.01. The summed E-state index contributed by atoms with van der Waals surface area (Å²) in [6.07, 6.45) is 0.611. The first-order chi connectivity index (χ1) is 22.3. The van der Waals surface area contributed by atoms with Crippen molar-refractivity contribution in [1.29, 1.82) is 10.5 Å². The number of nitrogens with one attached hydrogen (secondary N) is 1. The molecule has 0 radical (unpaired) electrons. The van der Waals surface area contributed by atoms with Crippen LogP contribution in [0.1, 0.15) is 39.2 Å². The molecule has 0 saturated heterocycles. The third-order valence-corrected chi connectivity index (χ3v) is 11.7. The fourth-order valence-corrected chi connectivity index (χ4v) is 8.91. The van der Waals surface area contributed by atoms with Crippen molar-refractivity contribution < 1.29 is 22.7 Å². The number of hydrogen-bond acceptors (Lipinski definition) is 10. The molecule has 0 bridgehead atoms. The van der Waals surface area contributed by atoms with Crippen LogP contribution in [0.2, 0.25) is 0 Å². The summed E-state index contributed by atoms with van der Waals surface area (Å²) < 4.78 is 39.6. The Morgan fingerprint density at radius 1 is 0.978 bits per heavy atom. The lowest BCUT2D eigenvalue weighted by atomic mass is 10.1. The van der Waals surface area contributed by atoms with Gasteiger partial charge in [0.25, 0.3) is 5.91 Å². The average Bonchev–Trinajstić information content (AvgIpc) is 3.78. The number of fused-ring (bicyclic) bond motifs is 2. The van der Waals surface area contributed by atoms with Gasteiger partial charge in [0.05, 0.1) is 27.3 Å². The second-order valence-electron chi connectivity index (χ2n) is 10.4. The van der Waals surface area contributed by atoms with E-state index in [1.54, 1.807) is 11.3 Å². The molecule has 3 heterocycles. The largest absolute Gasteiger partial charge is 0.454 e. The molecule has 1 aliphatic heterocycles. The number of anilines is 1. The highest BCUT2D eigenvalue weighted by atomic mass is 32.2. The molecule has 10 nitrogen and oxygen atoms in total. The zero-order valence-corrected chi connectivity index (χ0v) is 27.1. The van der Waals surface area contributed by atoms with Gasteiger partial charge in [-0.05, 0) is 66.6 Å². The van der Waals surface area contributed by atoms with E-state index in [1.165, 1.54) is 35.6 Å². The van der Waals surface area contributed by atoms with Crippen molar-refractivity contribution in [2.45, 2.75) is 31.1 Å². The number of sulfonamides is 1. The molecule has 46 heavy (non-hydrogen) atoms. The number of aromatic nitrogens is 1. The van der Waals surface area contributed by atoms with Gasteiger partial charge in [0, 0.05) is 48.4 Å². The number of thiazole rings is 1. The first kappa shape index (κ1) is 31.2. The van der Waals surface area contributed by atoms with Crippen LogP contribution >= 0.6 is 22.7 Å². The summed E-state index contributed by atoms with van der Waals surface area (Å²) in [5, 5.41) is 22.4. The second kappa shape index (κ2) is 13.3. The minimum Gasteiger partial charge on any atom is -0.454 e. The highest BCUT2D eigenvalue weighted by Gasteiger charge is 2.26. The number of rotatable bonds is 11. The van der Waals surface area contributed by atoms with Gasteiger partial charge in [-0.1, -0.05) is 18.2 Å². The van der Waals surface area contributed by atoms with Crippen molar-refractivity contribution in [2.24, 2.45) is 0 Å². The van der Waals surface area contributed by atoms with E-state index in [-0.39, 0.29) is 43.2 Å². The summed E-state index contributed by atoms with van der Waals surface area (Å²) in [5.74, 6) is 1.02. The van der Waals surface area contributed by atoms with Crippen LogP contribution in [0.4, 0.5) is 5.00 Å². The number of ether oxygens (including phenoxy) is 2. The lowest BCUT2D eigenvalue weighted by Gasteiger charge is -2.20. The first-order valence-corrected chi connectivity index (χ1v) is 17.4. The van der Waals surface area contributed by atoms with E-state index in [1.807, 2.05) is 61.5 Å². The van der Waals surface area contributed by atoms with Crippen LogP contribution in [0.25, 0.3) is 20.8 Å². The van der Waals surface area contributed by atoms with Crippen LogP contribution < -0.4 is 14.8 Å². The molecule has 1 N–H and O–H groups in total. The van der Waals surface area contributed by atoms with E-state index < -0.39 is 15.9 Å². The van der Waals surface area contributed by atoms with Crippen molar-refractivity contribution in [1.82, 2.24) is 9.29 Å². The lowest BCUT2D eigenvalue weighted by Crippen LogP contribution is -2.32. The molecule has 3 aromatic carbocycles. The predicted molar refractivity (Wildman–Crippen MR) is 177 cm³/mol. The number of benzene rings is 3. The third-order valence-electron chi connectivity index (χ3n) is 7.48. The zero-order valence-electron chi connectivity index (χ0n) is 24.6. The third kappa shape index (κ3) is 6.32. The smallest absolute Gasteiger partial charge is 0.256 e. The highest BCUT2D eigenvalue weighted by molar-refractivity contribution is 7.89. The molecule has 6 rings (SSSR count). The Labute approximate surface area is 274 Å². The highest BCUT2D eigenvalue weighted by Crippen LogP contribution is 2.45. The number of nitriles is 2. The summed E-state index contributed by atoms with van der Waals surface area (Å²) in [6, 6.07) is 23.3. The summed E-state index contributed by atoms with van der Waals surface area (Å²) in [4.78, 5) is 19.5. The molecular formula is C33H27N5O5S3. The van der Waals surface area contributed by atoms with Gasteiger partial charge in [0.15, 0.2) is 11.5 Å². The van der Waals surface area contributed by atoms with Gasteiger partial charge >= 0.3 is 0 Å². The van der Waals surface area contributed by atoms with Gasteiger partial charge in [0.2, 0.25) is 16.8 Å². The molecule has 0 unspecified atom stereocenters. The van der Waals surface area contributed by atoms with Crippen molar-refractivity contribution in [3.63, 3.8) is 0 Å². The number of nitrogens with zero attached hydrogens (tertiary/aromatic N) is 4. The van der Waals surface area contributed by atoms with Gasteiger partial charge in [-0.15, -0.1) is 22.7 Å². The summed E-state index contributed by atoms with van der Waals surface area (Å²) >= 11 is 3.03. The van der Waals surface area contributed by atoms with Crippen LogP contribution in [0.3, 0.4) is 0 Å². The molecule has 0 fully saturated rings. The van der Waals surface area contributed by atoms with Gasteiger partial charge in [-0.3, -0.25) is 4.79 Å². The topological polar surface area (TPSA) is 145 Å². The van der Waals surface area contributed by atoms with E-state index in [0.717, 1.165) is 41.1 Å². The van der Waals surface area contributed by atoms with Crippen molar-refractivity contribution in [3.05, 3.63) is 88.3 Å². The van der Waals surface area contributed by atoms with Gasteiger partial charge < -0.3 is 14.8 Å².